The Bertz CT molecular complexity index is 387. The minimum absolute atomic E-state index is 0.00727. The van der Waals surface area contributed by atoms with Crippen LogP contribution in [0.15, 0.2) is 10.7 Å². The molecule has 1 aromatic rings. The van der Waals surface area contributed by atoms with Crippen LogP contribution in [0.4, 0.5) is 14.5 Å². The summed E-state index contributed by atoms with van der Waals surface area (Å²) in [6.07, 6.45) is -2.74. The number of alkyl halides is 2. The second-order valence-electron chi connectivity index (χ2n) is 2.54. The van der Waals surface area contributed by atoms with Gasteiger partial charge in [0, 0.05) is 0 Å². The van der Waals surface area contributed by atoms with Crippen molar-refractivity contribution >= 4 is 21.6 Å². The number of rotatable bonds is 2. The summed E-state index contributed by atoms with van der Waals surface area (Å²) in [5, 5.41) is 8.44. The highest BCUT2D eigenvalue weighted by atomic mass is 79.9. The molecule has 0 bridgehead atoms. The van der Waals surface area contributed by atoms with Gasteiger partial charge in [-0.2, -0.15) is 5.26 Å². The van der Waals surface area contributed by atoms with E-state index in [2.05, 4.69) is 20.9 Å². The molecule has 1 heterocycles. The SMILES string of the molecule is N#CCc1cc(Br)nc(C(F)F)c1N. The van der Waals surface area contributed by atoms with Gasteiger partial charge in [0.1, 0.15) is 10.3 Å². The zero-order valence-electron chi connectivity index (χ0n) is 6.97. The molecule has 0 unspecified atom stereocenters. The van der Waals surface area contributed by atoms with E-state index < -0.39 is 12.1 Å². The predicted molar refractivity (Wildman–Crippen MR) is 50.6 cm³/mol. The molecule has 0 saturated heterocycles. The van der Waals surface area contributed by atoms with Crippen LogP contribution in [0, 0.1) is 11.3 Å². The number of aromatic nitrogens is 1. The lowest BCUT2D eigenvalue weighted by Crippen LogP contribution is -2.03. The quantitative estimate of drug-likeness (QED) is 0.832. The van der Waals surface area contributed by atoms with E-state index in [1.54, 1.807) is 0 Å². The number of nitrogens with zero attached hydrogens (tertiary/aromatic N) is 2. The molecule has 14 heavy (non-hydrogen) atoms. The Morgan fingerprint density at radius 2 is 2.29 bits per heavy atom. The smallest absolute Gasteiger partial charge is 0.282 e. The topological polar surface area (TPSA) is 62.7 Å². The van der Waals surface area contributed by atoms with Crippen LogP contribution in [0.1, 0.15) is 17.7 Å². The fraction of sp³-hybridized carbons (Fsp3) is 0.250. The summed E-state index contributed by atoms with van der Waals surface area (Å²) in [5.41, 5.74) is 5.20. The molecule has 0 amide bonds. The number of nitriles is 1. The maximum Gasteiger partial charge on any atom is 0.282 e. The Morgan fingerprint density at radius 3 is 2.79 bits per heavy atom. The maximum atomic E-state index is 12.4. The average molecular weight is 262 g/mol. The van der Waals surface area contributed by atoms with Gasteiger partial charge >= 0.3 is 0 Å². The second kappa shape index (κ2) is 4.33. The first kappa shape index (κ1) is 10.9. The zero-order valence-corrected chi connectivity index (χ0v) is 8.55. The van der Waals surface area contributed by atoms with Crippen molar-refractivity contribution < 1.29 is 8.78 Å². The van der Waals surface area contributed by atoms with Gasteiger partial charge in [0.15, 0.2) is 0 Å². The number of anilines is 1. The highest BCUT2D eigenvalue weighted by molar-refractivity contribution is 9.10. The van der Waals surface area contributed by atoms with Gasteiger partial charge in [0.2, 0.25) is 0 Å². The van der Waals surface area contributed by atoms with Gasteiger partial charge < -0.3 is 5.73 Å². The molecule has 3 nitrogen and oxygen atoms in total. The first-order valence-electron chi connectivity index (χ1n) is 3.66. The molecule has 1 aromatic heterocycles. The van der Waals surface area contributed by atoms with E-state index in [-0.39, 0.29) is 16.7 Å². The number of pyridine rings is 1. The highest BCUT2D eigenvalue weighted by Crippen LogP contribution is 2.28. The van der Waals surface area contributed by atoms with Gasteiger partial charge in [-0.3, -0.25) is 0 Å². The van der Waals surface area contributed by atoms with E-state index in [0.717, 1.165) is 0 Å². The second-order valence-corrected chi connectivity index (χ2v) is 3.35. The summed E-state index contributed by atoms with van der Waals surface area (Å²) in [7, 11) is 0. The molecule has 6 heteroatoms. The van der Waals surface area contributed by atoms with E-state index in [4.69, 9.17) is 11.0 Å². The third-order valence-electron chi connectivity index (χ3n) is 1.62. The van der Waals surface area contributed by atoms with Crippen molar-refractivity contribution in [1.82, 2.24) is 4.98 Å². The van der Waals surface area contributed by atoms with E-state index in [9.17, 15) is 8.78 Å². The van der Waals surface area contributed by atoms with Crippen LogP contribution in [-0.4, -0.2) is 4.98 Å². The molecule has 0 aliphatic rings. The molecular formula is C8H6BrF2N3. The molecule has 0 aromatic carbocycles. The number of nitrogen functional groups attached to an aromatic ring is 1. The van der Waals surface area contributed by atoms with Gasteiger partial charge in [-0.25, -0.2) is 13.8 Å². The Hall–Kier alpha value is -1.22. The Morgan fingerprint density at radius 1 is 1.64 bits per heavy atom. The molecule has 0 fully saturated rings. The van der Waals surface area contributed by atoms with Crippen molar-refractivity contribution in [3.05, 3.63) is 21.9 Å². The van der Waals surface area contributed by atoms with Crippen LogP contribution < -0.4 is 5.73 Å². The lowest BCUT2D eigenvalue weighted by atomic mass is 10.1. The van der Waals surface area contributed by atoms with Crippen molar-refractivity contribution in [3.63, 3.8) is 0 Å². The summed E-state index contributed by atoms with van der Waals surface area (Å²) >= 11 is 2.98. The van der Waals surface area contributed by atoms with Crippen LogP contribution in [-0.2, 0) is 6.42 Å². The Kier molecular flexibility index (Phi) is 3.36. The van der Waals surface area contributed by atoms with Crippen molar-refractivity contribution in [1.29, 1.82) is 5.26 Å². The average Bonchev–Trinajstić information content (AvgIpc) is 2.10. The first-order valence-corrected chi connectivity index (χ1v) is 4.45. The molecule has 74 valence electrons. The number of hydrogen-bond acceptors (Lipinski definition) is 3. The van der Waals surface area contributed by atoms with Gasteiger partial charge in [-0.05, 0) is 27.6 Å². The summed E-state index contributed by atoms with van der Waals surface area (Å²) in [6, 6.07) is 3.31. The largest absolute Gasteiger partial charge is 0.397 e. The molecule has 0 spiro atoms. The van der Waals surface area contributed by atoms with Gasteiger partial charge in [-0.15, -0.1) is 0 Å². The number of hydrogen-bond donors (Lipinski definition) is 1. The van der Waals surface area contributed by atoms with E-state index in [1.165, 1.54) is 6.07 Å². The Labute approximate surface area is 87.7 Å². The van der Waals surface area contributed by atoms with Gasteiger partial charge in [0.05, 0.1) is 18.2 Å². The van der Waals surface area contributed by atoms with E-state index in [0.29, 0.717) is 5.56 Å². The molecular weight excluding hydrogens is 256 g/mol. The third kappa shape index (κ3) is 2.17. The van der Waals surface area contributed by atoms with Crippen molar-refractivity contribution in [3.8, 4) is 6.07 Å². The lowest BCUT2D eigenvalue weighted by Gasteiger charge is -2.07. The van der Waals surface area contributed by atoms with Gasteiger partial charge in [-0.1, -0.05) is 0 Å². The number of nitrogens with two attached hydrogens (primary N) is 1. The van der Waals surface area contributed by atoms with E-state index in [1.807, 2.05) is 6.07 Å². The molecule has 0 radical (unpaired) electrons. The summed E-state index contributed by atoms with van der Waals surface area (Å²) in [6.45, 7) is 0. The van der Waals surface area contributed by atoms with Crippen LogP contribution in [0.3, 0.4) is 0 Å². The fourth-order valence-electron chi connectivity index (χ4n) is 0.991. The van der Waals surface area contributed by atoms with Crippen LogP contribution in [0.2, 0.25) is 0 Å². The molecule has 0 aliphatic heterocycles. The summed E-state index contributed by atoms with van der Waals surface area (Å²) in [5.74, 6) is 0. The molecule has 1 rings (SSSR count). The first-order chi connectivity index (χ1) is 6.56. The van der Waals surface area contributed by atoms with Crippen molar-refractivity contribution in [2.24, 2.45) is 0 Å². The Balaban J connectivity index is 3.26. The number of halogens is 3. The minimum Gasteiger partial charge on any atom is -0.397 e. The van der Waals surface area contributed by atoms with Crippen LogP contribution >= 0.6 is 15.9 Å². The fourth-order valence-corrected chi connectivity index (χ4v) is 1.46. The molecule has 0 aliphatic carbocycles. The zero-order chi connectivity index (χ0) is 10.7. The molecule has 2 N–H and O–H groups in total. The van der Waals surface area contributed by atoms with Crippen LogP contribution in [0.5, 0.6) is 0 Å². The predicted octanol–water partition coefficient (Wildman–Crippen LogP) is 2.43. The lowest BCUT2D eigenvalue weighted by molar-refractivity contribution is 0.146. The normalized spacial score (nSPS) is 10.2. The van der Waals surface area contributed by atoms with Crippen molar-refractivity contribution in [2.75, 3.05) is 5.73 Å². The molecule has 0 atom stereocenters. The van der Waals surface area contributed by atoms with Crippen molar-refractivity contribution in [2.45, 2.75) is 12.8 Å². The molecule has 0 saturated carbocycles. The highest BCUT2D eigenvalue weighted by Gasteiger charge is 2.16. The van der Waals surface area contributed by atoms with Gasteiger partial charge in [0.25, 0.3) is 6.43 Å². The standard InChI is InChI=1S/C8H6BrF2N3/c9-5-3-4(1-2-12)6(13)7(14-5)8(10)11/h3,8H,1,13H2. The summed E-state index contributed by atoms with van der Waals surface area (Å²) < 4.78 is 25.0. The van der Waals surface area contributed by atoms with E-state index >= 15 is 0 Å². The minimum atomic E-state index is -2.73. The monoisotopic (exact) mass is 261 g/mol. The maximum absolute atomic E-state index is 12.4. The van der Waals surface area contributed by atoms with Crippen LogP contribution in [0.25, 0.3) is 0 Å². The summed E-state index contributed by atoms with van der Waals surface area (Å²) in [4.78, 5) is 3.55. The third-order valence-corrected chi connectivity index (χ3v) is 2.02.